The van der Waals surface area contributed by atoms with Crippen LogP contribution in [0.15, 0.2) is 53.3 Å². The summed E-state index contributed by atoms with van der Waals surface area (Å²) in [5.74, 6) is 0. The van der Waals surface area contributed by atoms with Crippen molar-refractivity contribution in [2.24, 2.45) is 0 Å². The van der Waals surface area contributed by atoms with Crippen LogP contribution in [-0.2, 0) is 0 Å². The Morgan fingerprint density at radius 2 is 1.62 bits per heavy atom. The summed E-state index contributed by atoms with van der Waals surface area (Å²) in [6.45, 7) is 3.04. The molecule has 1 aliphatic heterocycles. The van der Waals surface area contributed by atoms with Gasteiger partial charge in [-0.1, -0.05) is 23.5 Å². The number of nitro groups is 1. The van der Waals surface area contributed by atoms with Gasteiger partial charge in [0.15, 0.2) is 5.13 Å². The zero-order valence-electron chi connectivity index (χ0n) is 13.9. The average molecular weight is 368 g/mol. The fraction of sp³-hybridized carbons (Fsp3) is 0.222. The molecule has 1 aliphatic rings. The summed E-state index contributed by atoms with van der Waals surface area (Å²) in [6, 6.07) is 14.0. The van der Waals surface area contributed by atoms with Crippen molar-refractivity contribution in [1.29, 1.82) is 0 Å². The molecule has 1 fully saturated rings. The van der Waals surface area contributed by atoms with Gasteiger partial charge in [-0.2, -0.15) is 0 Å². The number of piperazine rings is 1. The Kier molecular flexibility index (Phi) is 4.26. The Morgan fingerprint density at radius 1 is 0.962 bits per heavy atom. The summed E-state index contributed by atoms with van der Waals surface area (Å²) in [7, 11) is 0. The zero-order chi connectivity index (χ0) is 18.1. The maximum Gasteiger partial charge on any atom is 0.269 e. The predicted molar refractivity (Wildman–Crippen MR) is 103 cm³/mol. The van der Waals surface area contributed by atoms with Crippen molar-refractivity contribution in [2.75, 3.05) is 36.0 Å². The van der Waals surface area contributed by atoms with Gasteiger partial charge >= 0.3 is 0 Å². The van der Waals surface area contributed by atoms with Gasteiger partial charge in [-0.25, -0.2) is 4.98 Å². The topological polar surface area (TPSA) is 79.6 Å². The van der Waals surface area contributed by atoms with Gasteiger partial charge in [0.25, 0.3) is 5.69 Å². The number of para-hydroxylation sites is 1. The fourth-order valence-corrected chi connectivity index (χ4v) is 3.99. The molecule has 3 aromatic rings. The van der Waals surface area contributed by atoms with E-state index in [0.717, 1.165) is 42.5 Å². The van der Waals surface area contributed by atoms with E-state index in [1.807, 2.05) is 18.2 Å². The van der Waals surface area contributed by atoms with E-state index in [4.69, 9.17) is 0 Å². The molecule has 4 rings (SSSR count). The monoisotopic (exact) mass is 368 g/mol. The van der Waals surface area contributed by atoms with Crippen molar-refractivity contribution in [3.05, 3.63) is 68.2 Å². The first kappa shape index (κ1) is 16.5. The summed E-state index contributed by atoms with van der Waals surface area (Å²) in [5.41, 5.74) is 1.79. The van der Waals surface area contributed by atoms with E-state index < -0.39 is 4.92 Å². The largest absolute Gasteiger partial charge is 0.368 e. The highest BCUT2D eigenvalue weighted by atomic mass is 32.1. The van der Waals surface area contributed by atoms with Crippen molar-refractivity contribution in [3.63, 3.8) is 0 Å². The maximum absolute atomic E-state index is 12.3. The lowest BCUT2D eigenvalue weighted by atomic mass is 10.2. The van der Waals surface area contributed by atoms with Crippen LogP contribution in [0, 0.1) is 10.1 Å². The van der Waals surface area contributed by atoms with Crippen LogP contribution >= 0.6 is 11.3 Å². The molecule has 0 saturated carbocycles. The van der Waals surface area contributed by atoms with Crippen LogP contribution in [0.1, 0.15) is 0 Å². The molecule has 0 radical (unpaired) electrons. The van der Waals surface area contributed by atoms with Crippen LogP contribution in [-0.4, -0.2) is 36.1 Å². The minimum absolute atomic E-state index is 0.0309. The lowest BCUT2D eigenvalue weighted by molar-refractivity contribution is -0.384. The van der Waals surface area contributed by atoms with Crippen molar-refractivity contribution >= 4 is 38.7 Å². The summed E-state index contributed by atoms with van der Waals surface area (Å²) in [5, 5.41) is 12.2. The highest BCUT2D eigenvalue weighted by Gasteiger charge is 2.20. The molecule has 1 saturated heterocycles. The summed E-state index contributed by atoms with van der Waals surface area (Å²) in [4.78, 5) is 31.6. The summed E-state index contributed by atoms with van der Waals surface area (Å²) < 4.78 is 0.0309. The minimum atomic E-state index is -0.394. The molecule has 7 nitrogen and oxygen atoms in total. The molecular weight excluding hydrogens is 352 g/mol. The Bertz CT molecular complexity index is 1010. The van der Waals surface area contributed by atoms with Crippen LogP contribution in [0.4, 0.5) is 16.5 Å². The number of hydrogen-bond donors (Lipinski definition) is 0. The molecule has 0 bridgehead atoms. The average Bonchev–Trinajstić information content (AvgIpc) is 2.68. The number of hydrogen-bond acceptors (Lipinski definition) is 7. The van der Waals surface area contributed by atoms with E-state index in [1.54, 1.807) is 18.2 Å². The standard InChI is InChI=1S/C18H16N4O3S/c23-17-15-3-1-2-4-16(15)19-18(26-17)21-11-9-20(10-12-21)13-5-7-14(8-6-13)22(24)25/h1-8H,9-12H2. The zero-order valence-corrected chi connectivity index (χ0v) is 14.7. The molecule has 2 heterocycles. The van der Waals surface area contributed by atoms with Crippen LogP contribution in [0.3, 0.4) is 0 Å². The number of non-ortho nitro benzene ring substituents is 1. The van der Waals surface area contributed by atoms with Gasteiger partial charge in [0.2, 0.25) is 4.74 Å². The van der Waals surface area contributed by atoms with E-state index in [9.17, 15) is 14.9 Å². The van der Waals surface area contributed by atoms with Gasteiger partial charge in [-0.3, -0.25) is 14.9 Å². The normalized spacial score (nSPS) is 14.6. The lowest BCUT2D eigenvalue weighted by Crippen LogP contribution is -2.46. The SMILES string of the molecule is O=c1sc(N2CCN(c3ccc([N+](=O)[O-])cc3)CC2)nc2ccccc12. The fourth-order valence-electron chi connectivity index (χ4n) is 3.08. The Balaban J connectivity index is 1.50. The summed E-state index contributed by atoms with van der Waals surface area (Å²) >= 11 is 1.18. The lowest BCUT2D eigenvalue weighted by Gasteiger charge is -2.36. The smallest absolute Gasteiger partial charge is 0.269 e. The number of rotatable bonds is 3. The van der Waals surface area contributed by atoms with Crippen molar-refractivity contribution in [2.45, 2.75) is 0 Å². The molecule has 0 N–H and O–H groups in total. The molecule has 2 aromatic carbocycles. The molecule has 132 valence electrons. The van der Waals surface area contributed by atoms with Gasteiger partial charge in [-0.15, -0.1) is 0 Å². The van der Waals surface area contributed by atoms with Crippen LogP contribution < -0.4 is 14.5 Å². The van der Waals surface area contributed by atoms with E-state index in [2.05, 4.69) is 14.8 Å². The Labute approximate surface area is 153 Å². The molecule has 0 spiro atoms. The van der Waals surface area contributed by atoms with Gasteiger partial charge in [0.05, 0.1) is 15.8 Å². The van der Waals surface area contributed by atoms with Gasteiger partial charge < -0.3 is 9.80 Å². The van der Waals surface area contributed by atoms with Crippen LogP contribution in [0.5, 0.6) is 0 Å². The second-order valence-electron chi connectivity index (χ2n) is 6.05. The maximum atomic E-state index is 12.3. The molecule has 8 heteroatoms. The third-order valence-electron chi connectivity index (χ3n) is 4.50. The molecule has 0 atom stereocenters. The molecule has 0 aliphatic carbocycles. The van der Waals surface area contributed by atoms with Crippen LogP contribution in [0.25, 0.3) is 10.9 Å². The van der Waals surface area contributed by atoms with Crippen molar-refractivity contribution in [3.8, 4) is 0 Å². The van der Waals surface area contributed by atoms with Gasteiger partial charge in [-0.05, 0) is 24.3 Å². The van der Waals surface area contributed by atoms with Crippen molar-refractivity contribution in [1.82, 2.24) is 4.98 Å². The first-order valence-corrected chi connectivity index (χ1v) is 9.08. The third-order valence-corrected chi connectivity index (χ3v) is 5.44. The van der Waals surface area contributed by atoms with E-state index in [-0.39, 0.29) is 10.4 Å². The number of nitrogens with zero attached hydrogens (tertiary/aromatic N) is 4. The predicted octanol–water partition coefficient (Wildman–Crippen LogP) is 2.89. The first-order chi connectivity index (χ1) is 12.6. The van der Waals surface area contributed by atoms with E-state index in [1.165, 1.54) is 23.5 Å². The minimum Gasteiger partial charge on any atom is -0.368 e. The molecule has 1 aromatic heterocycles. The number of benzene rings is 2. The van der Waals surface area contributed by atoms with E-state index in [0.29, 0.717) is 5.39 Å². The van der Waals surface area contributed by atoms with Gasteiger partial charge in [0.1, 0.15) is 0 Å². The Morgan fingerprint density at radius 3 is 2.31 bits per heavy atom. The quantitative estimate of drug-likeness (QED) is 0.522. The molecule has 0 unspecified atom stereocenters. The Hall–Kier alpha value is -3.00. The third kappa shape index (κ3) is 3.11. The van der Waals surface area contributed by atoms with E-state index >= 15 is 0 Å². The number of nitro benzene ring substituents is 1. The van der Waals surface area contributed by atoms with Gasteiger partial charge in [0, 0.05) is 44.0 Å². The highest BCUT2D eigenvalue weighted by molar-refractivity contribution is 7.13. The summed E-state index contributed by atoms with van der Waals surface area (Å²) in [6.07, 6.45) is 0. The second-order valence-corrected chi connectivity index (χ2v) is 6.99. The number of anilines is 2. The number of aromatic nitrogens is 1. The number of fused-ring (bicyclic) bond motifs is 1. The highest BCUT2D eigenvalue weighted by Crippen LogP contribution is 2.24. The molecule has 0 amide bonds. The second kappa shape index (κ2) is 6.72. The molecular formula is C18H16N4O3S. The molecule has 26 heavy (non-hydrogen) atoms. The van der Waals surface area contributed by atoms with Crippen LogP contribution in [0.2, 0.25) is 0 Å². The first-order valence-electron chi connectivity index (χ1n) is 8.26. The van der Waals surface area contributed by atoms with Crippen molar-refractivity contribution < 1.29 is 4.92 Å².